The Bertz CT molecular complexity index is 477. The van der Waals surface area contributed by atoms with Crippen LogP contribution in [0.4, 0.5) is 0 Å². The zero-order chi connectivity index (χ0) is 11.1. The number of hydrogen-bond donors (Lipinski definition) is 1. The van der Waals surface area contributed by atoms with Gasteiger partial charge in [0.05, 0.1) is 17.3 Å². The molecular formula is C8H13NO4S2. The Morgan fingerprint density at radius 3 is 2.33 bits per heavy atom. The lowest BCUT2D eigenvalue weighted by molar-refractivity contribution is 0.522. The van der Waals surface area contributed by atoms with Crippen molar-refractivity contribution in [1.29, 1.82) is 0 Å². The Balaban J connectivity index is 1.93. The fourth-order valence-corrected chi connectivity index (χ4v) is 4.84. The Hall–Kier alpha value is -0.400. The van der Waals surface area contributed by atoms with Gasteiger partial charge in [0.1, 0.15) is 0 Å². The quantitative estimate of drug-likeness (QED) is 0.686. The highest BCUT2D eigenvalue weighted by Gasteiger charge is 2.31. The van der Waals surface area contributed by atoms with Gasteiger partial charge in [0.15, 0.2) is 19.7 Å². The second kappa shape index (κ2) is 3.57. The van der Waals surface area contributed by atoms with Gasteiger partial charge >= 0.3 is 0 Å². The second-order valence-corrected chi connectivity index (χ2v) is 8.19. The van der Waals surface area contributed by atoms with Gasteiger partial charge in [-0.25, -0.2) is 16.8 Å². The minimum atomic E-state index is -3.06. The molecule has 86 valence electrons. The van der Waals surface area contributed by atoms with E-state index in [4.69, 9.17) is 0 Å². The normalized spacial score (nSPS) is 37.1. The van der Waals surface area contributed by atoms with E-state index in [0.717, 1.165) is 0 Å². The van der Waals surface area contributed by atoms with Gasteiger partial charge in [0.25, 0.3) is 0 Å². The molecule has 7 heteroatoms. The van der Waals surface area contributed by atoms with Crippen molar-refractivity contribution in [3.63, 3.8) is 0 Å². The SMILES string of the molecule is O=S1(=O)C=CC(NC2CCS(=O)(=O)C2)C1. The summed E-state index contributed by atoms with van der Waals surface area (Å²) < 4.78 is 44.5. The number of nitrogens with one attached hydrogen (secondary N) is 1. The van der Waals surface area contributed by atoms with Gasteiger partial charge in [0, 0.05) is 17.5 Å². The van der Waals surface area contributed by atoms with Crippen molar-refractivity contribution in [2.24, 2.45) is 0 Å². The predicted octanol–water partition coefficient (Wildman–Crippen LogP) is -0.926. The lowest BCUT2D eigenvalue weighted by atomic mass is 10.2. The van der Waals surface area contributed by atoms with Gasteiger partial charge < -0.3 is 5.32 Å². The zero-order valence-electron chi connectivity index (χ0n) is 8.09. The summed E-state index contributed by atoms with van der Waals surface area (Å²) in [6.45, 7) is 0. The van der Waals surface area contributed by atoms with Crippen LogP contribution in [0.3, 0.4) is 0 Å². The van der Waals surface area contributed by atoms with E-state index in [1.807, 2.05) is 0 Å². The second-order valence-electron chi connectivity index (χ2n) is 4.03. The molecule has 0 aromatic carbocycles. The van der Waals surface area contributed by atoms with E-state index >= 15 is 0 Å². The summed E-state index contributed by atoms with van der Waals surface area (Å²) in [5.41, 5.74) is 0. The van der Waals surface area contributed by atoms with Crippen LogP contribution in [0.15, 0.2) is 11.5 Å². The van der Waals surface area contributed by atoms with Gasteiger partial charge in [0.2, 0.25) is 0 Å². The molecule has 0 aromatic heterocycles. The fourth-order valence-electron chi connectivity index (χ4n) is 1.91. The molecule has 1 N–H and O–H groups in total. The van der Waals surface area contributed by atoms with Gasteiger partial charge in [-0.15, -0.1) is 0 Å². The van der Waals surface area contributed by atoms with Crippen molar-refractivity contribution < 1.29 is 16.8 Å². The van der Waals surface area contributed by atoms with Crippen molar-refractivity contribution in [3.8, 4) is 0 Å². The summed E-state index contributed by atoms with van der Waals surface area (Å²) in [4.78, 5) is 0. The average molecular weight is 251 g/mol. The molecule has 0 saturated carbocycles. The van der Waals surface area contributed by atoms with E-state index in [1.165, 1.54) is 5.41 Å². The molecule has 2 aliphatic rings. The van der Waals surface area contributed by atoms with Crippen LogP contribution in [0.2, 0.25) is 0 Å². The molecular weight excluding hydrogens is 238 g/mol. The fraction of sp³-hybridized carbons (Fsp3) is 0.750. The van der Waals surface area contributed by atoms with E-state index < -0.39 is 19.7 Å². The topological polar surface area (TPSA) is 80.3 Å². The highest BCUT2D eigenvalue weighted by Crippen LogP contribution is 2.15. The van der Waals surface area contributed by atoms with Gasteiger partial charge in [-0.05, 0) is 6.42 Å². The van der Waals surface area contributed by atoms with E-state index in [0.29, 0.717) is 6.42 Å². The molecule has 2 heterocycles. The van der Waals surface area contributed by atoms with Crippen LogP contribution in [0.5, 0.6) is 0 Å². The molecule has 0 radical (unpaired) electrons. The largest absolute Gasteiger partial charge is 0.306 e. The minimum Gasteiger partial charge on any atom is -0.306 e. The van der Waals surface area contributed by atoms with Crippen LogP contribution in [-0.2, 0) is 19.7 Å². The van der Waals surface area contributed by atoms with E-state index in [2.05, 4.69) is 5.32 Å². The summed E-state index contributed by atoms with van der Waals surface area (Å²) in [6.07, 6.45) is 2.16. The highest BCUT2D eigenvalue weighted by molar-refractivity contribution is 7.94. The Labute approximate surface area is 89.4 Å². The minimum absolute atomic E-state index is 0.0452. The molecule has 1 fully saturated rings. The molecule has 1 saturated heterocycles. The molecule has 2 rings (SSSR count). The van der Waals surface area contributed by atoms with Crippen molar-refractivity contribution in [3.05, 3.63) is 11.5 Å². The summed E-state index contributed by atoms with van der Waals surface area (Å²) in [6, 6.07) is -0.328. The lowest BCUT2D eigenvalue weighted by Crippen LogP contribution is -2.39. The maximum Gasteiger partial charge on any atom is 0.173 e. The zero-order valence-corrected chi connectivity index (χ0v) is 9.72. The van der Waals surface area contributed by atoms with Crippen LogP contribution in [-0.4, -0.2) is 46.2 Å². The molecule has 5 nitrogen and oxygen atoms in total. The molecule has 2 atom stereocenters. The van der Waals surface area contributed by atoms with Crippen LogP contribution < -0.4 is 5.32 Å². The number of rotatable bonds is 2. The van der Waals surface area contributed by atoms with Crippen molar-refractivity contribution >= 4 is 19.7 Å². The first-order valence-corrected chi connectivity index (χ1v) is 8.27. The maximum atomic E-state index is 11.2. The highest BCUT2D eigenvalue weighted by atomic mass is 32.2. The van der Waals surface area contributed by atoms with Crippen LogP contribution in [0.1, 0.15) is 6.42 Å². The summed E-state index contributed by atoms with van der Waals surface area (Å²) in [5.74, 6) is 0.370. The third-order valence-electron chi connectivity index (χ3n) is 2.61. The average Bonchev–Trinajstić information content (AvgIpc) is 2.56. The molecule has 0 bridgehead atoms. The lowest BCUT2D eigenvalue weighted by Gasteiger charge is -2.14. The van der Waals surface area contributed by atoms with Crippen LogP contribution in [0, 0.1) is 0 Å². The molecule has 0 aliphatic carbocycles. The first kappa shape index (κ1) is 11.1. The van der Waals surface area contributed by atoms with Crippen LogP contribution >= 0.6 is 0 Å². The van der Waals surface area contributed by atoms with E-state index in [1.54, 1.807) is 6.08 Å². The number of sulfone groups is 2. The first-order chi connectivity index (χ1) is 6.86. The standard InChI is InChI=1S/C8H13NO4S2/c10-14(11)3-1-7(5-14)9-8-2-4-15(12,13)6-8/h1,3,7-9H,2,4-6H2. The van der Waals surface area contributed by atoms with Gasteiger partial charge in [-0.3, -0.25) is 0 Å². The predicted molar refractivity (Wildman–Crippen MR) is 56.9 cm³/mol. The smallest absolute Gasteiger partial charge is 0.173 e. The number of hydrogen-bond acceptors (Lipinski definition) is 5. The third-order valence-corrected chi connectivity index (χ3v) is 5.78. The Kier molecular flexibility index (Phi) is 2.64. The maximum absolute atomic E-state index is 11.2. The first-order valence-electron chi connectivity index (χ1n) is 4.74. The molecule has 2 unspecified atom stereocenters. The van der Waals surface area contributed by atoms with Crippen LogP contribution in [0.25, 0.3) is 0 Å². The van der Waals surface area contributed by atoms with Gasteiger partial charge in [-0.2, -0.15) is 0 Å². The molecule has 15 heavy (non-hydrogen) atoms. The molecule has 0 aromatic rings. The summed E-state index contributed by atoms with van der Waals surface area (Å²) >= 11 is 0. The van der Waals surface area contributed by atoms with Crippen molar-refractivity contribution in [2.45, 2.75) is 18.5 Å². The van der Waals surface area contributed by atoms with Crippen molar-refractivity contribution in [2.75, 3.05) is 17.3 Å². The summed E-state index contributed by atoms with van der Waals surface area (Å²) in [5, 5.41) is 4.23. The van der Waals surface area contributed by atoms with E-state index in [-0.39, 0.29) is 29.3 Å². The monoisotopic (exact) mass is 251 g/mol. The molecule has 2 aliphatic heterocycles. The molecule has 0 spiro atoms. The molecule has 0 amide bonds. The van der Waals surface area contributed by atoms with Gasteiger partial charge in [-0.1, -0.05) is 6.08 Å². The van der Waals surface area contributed by atoms with E-state index in [9.17, 15) is 16.8 Å². The Morgan fingerprint density at radius 2 is 1.87 bits per heavy atom. The third kappa shape index (κ3) is 2.79. The Morgan fingerprint density at radius 1 is 1.13 bits per heavy atom. The summed E-state index contributed by atoms with van der Waals surface area (Å²) in [7, 11) is -5.96. The van der Waals surface area contributed by atoms with Crippen molar-refractivity contribution in [1.82, 2.24) is 5.32 Å².